The van der Waals surface area contributed by atoms with Gasteiger partial charge in [-0.15, -0.1) is 0 Å². The van der Waals surface area contributed by atoms with Crippen LogP contribution in [0.25, 0.3) is 0 Å². The third-order valence-corrected chi connectivity index (χ3v) is 10.7. The van der Waals surface area contributed by atoms with E-state index in [2.05, 4.69) is 12.1 Å². The van der Waals surface area contributed by atoms with Gasteiger partial charge in [0.15, 0.2) is 6.29 Å². The number of carbonyl (C=O) groups excluding carboxylic acids is 1. The van der Waals surface area contributed by atoms with E-state index < -0.39 is 36.8 Å². The molecule has 0 saturated carbocycles. The van der Waals surface area contributed by atoms with Gasteiger partial charge in [0.05, 0.1) is 46.2 Å². The van der Waals surface area contributed by atoms with Gasteiger partial charge in [-0.05, 0) is 46.2 Å². The average molecular weight is 851 g/mol. The molecule has 0 radical (unpaired) electrons. The van der Waals surface area contributed by atoms with Crippen LogP contribution in [0.15, 0.2) is 182 Å². The molecule has 0 N–H and O–H groups in total. The molecule has 1 aliphatic heterocycles. The first-order valence-electron chi connectivity index (χ1n) is 21.9. The maximum Gasteiger partial charge on any atom is 0.305 e. The molecule has 0 amide bonds. The van der Waals surface area contributed by atoms with Crippen molar-refractivity contribution in [3.8, 4) is 0 Å². The molecule has 0 bridgehead atoms. The number of aryl methyl sites for hydroxylation is 1. The Hall–Kier alpha value is -5.49. The average Bonchev–Trinajstić information content (AvgIpc) is 3.33. The molecule has 6 aromatic rings. The standard InChI is InChI=1S/C54H58O9/c55-50(33-19-32-42-20-7-1-8-21-42)58-41-49-51(59-36-45-26-13-4-14-27-45)52(60-37-46-28-15-5-16-29-46)53(61-38-47-30-17-6-18-31-47)54(63-49)62-48(39-56-34-43-22-9-2-10-23-43)40-57-35-44-24-11-3-12-25-44/h1-18,20-31,48-49,51-54H,19,32-41H2/t49-,51+,52+,53-,54-/m1/s1. The van der Waals surface area contributed by atoms with Gasteiger partial charge in [-0.25, -0.2) is 0 Å². The molecule has 0 aromatic heterocycles. The summed E-state index contributed by atoms with van der Waals surface area (Å²) in [6, 6.07) is 60.0. The Bertz CT molecular complexity index is 2080. The zero-order valence-electron chi connectivity index (χ0n) is 35.7. The monoisotopic (exact) mass is 850 g/mol. The normalized spacial score (nSPS) is 18.6. The number of rotatable bonds is 25. The Morgan fingerprint density at radius 1 is 0.460 bits per heavy atom. The SMILES string of the molecule is O=C(CCCc1ccccc1)OC[C@H]1O[C@@H](OC(COCc2ccccc2)COCc2ccccc2)[C@H](OCc2ccccc2)[C@@H](OCc2ccccc2)[C@H]1OCc1ccccc1. The zero-order chi connectivity index (χ0) is 43.2. The maximum absolute atomic E-state index is 13.4. The topological polar surface area (TPSA) is 90.9 Å². The number of ether oxygens (including phenoxy) is 8. The number of hydrogen-bond acceptors (Lipinski definition) is 9. The van der Waals surface area contributed by atoms with Crippen molar-refractivity contribution in [3.63, 3.8) is 0 Å². The van der Waals surface area contributed by atoms with E-state index in [-0.39, 0.29) is 52.0 Å². The van der Waals surface area contributed by atoms with E-state index in [9.17, 15) is 4.79 Å². The fraction of sp³-hybridized carbons (Fsp3) is 0.315. The molecule has 1 saturated heterocycles. The second-order valence-electron chi connectivity index (χ2n) is 15.6. The van der Waals surface area contributed by atoms with Crippen LogP contribution in [-0.2, 0) is 82.1 Å². The van der Waals surface area contributed by atoms with Crippen molar-refractivity contribution in [1.82, 2.24) is 0 Å². The highest BCUT2D eigenvalue weighted by Gasteiger charge is 2.50. The summed E-state index contributed by atoms with van der Waals surface area (Å²) in [5.74, 6) is -0.320. The third kappa shape index (κ3) is 15.4. The van der Waals surface area contributed by atoms with Crippen molar-refractivity contribution >= 4 is 5.97 Å². The summed E-state index contributed by atoms with van der Waals surface area (Å²) >= 11 is 0. The van der Waals surface area contributed by atoms with Crippen LogP contribution in [0.5, 0.6) is 0 Å². The van der Waals surface area contributed by atoms with Gasteiger partial charge >= 0.3 is 5.97 Å². The lowest BCUT2D eigenvalue weighted by Gasteiger charge is -2.46. The number of esters is 1. The van der Waals surface area contributed by atoms with Crippen LogP contribution < -0.4 is 0 Å². The number of benzene rings is 6. The van der Waals surface area contributed by atoms with Gasteiger partial charge in [-0.1, -0.05) is 182 Å². The molecule has 7 rings (SSSR count). The van der Waals surface area contributed by atoms with E-state index >= 15 is 0 Å². The van der Waals surface area contributed by atoms with Crippen LogP contribution >= 0.6 is 0 Å². The molecule has 63 heavy (non-hydrogen) atoms. The second-order valence-corrected chi connectivity index (χ2v) is 15.6. The summed E-state index contributed by atoms with van der Waals surface area (Å²) in [6.07, 6.45) is -2.94. The second kappa shape index (κ2) is 25.6. The van der Waals surface area contributed by atoms with Crippen LogP contribution in [0.4, 0.5) is 0 Å². The predicted octanol–water partition coefficient (Wildman–Crippen LogP) is 9.85. The van der Waals surface area contributed by atoms with Crippen LogP contribution in [0, 0.1) is 0 Å². The molecule has 1 heterocycles. The van der Waals surface area contributed by atoms with Crippen molar-refractivity contribution in [2.24, 2.45) is 0 Å². The summed E-state index contributed by atoms with van der Waals surface area (Å²) in [6.45, 7) is 1.90. The van der Waals surface area contributed by atoms with Crippen LogP contribution in [0.2, 0.25) is 0 Å². The van der Waals surface area contributed by atoms with E-state index in [1.165, 1.54) is 5.56 Å². The molecular weight excluding hydrogens is 793 g/mol. The minimum atomic E-state index is -1.00. The highest BCUT2D eigenvalue weighted by molar-refractivity contribution is 5.69. The quantitative estimate of drug-likeness (QED) is 0.0523. The Balaban J connectivity index is 1.16. The summed E-state index contributed by atoms with van der Waals surface area (Å²) in [5, 5.41) is 0. The van der Waals surface area contributed by atoms with Gasteiger partial charge in [0.1, 0.15) is 37.1 Å². The van der Waals surface area contributed by atoms with Crippen molar-refractivity contribution < 1.29 is 42.7 Å². The van der Waals surface area contributed by atoms with Gasteiger partial charge in [-0.2, -0.15) is 0 Å². The minimum Gasteiger partial charge on any atom is -0.463 e. The highest BCUT2D eigenvalue weighted by atomic mass is 16.7. The fourth-order valence-corrected chi connectivity index (χ4v) is 7.40. The van der Waals surface area contributed by atoms with Crippen molar-refractivity contribution in [1.29, 1.82) is 0 Å². The molecule has 328 valence electrons. The van der Waals surface area contributed by atoms with Crippen LogP contribution in [0.3, 0.4) is 0 Å². The van der Waals surface area contributed by atoms with Gasteiger partial charge in [0, 0.05) is 6.42 Å². The summed E-state index contributed by atoms with van der Waals surface area (Å²) < 4.78 is 53.0. The molecule has 1 aliphatic rings. The first-order valence-corrected chi connectivity index (χ1v) is 21.9. The molecule has 5 atom stereocenters. The first kappa shape index (κ1) is 45.5. The maximum atomic E-state index is 13.4. The van der Waals surface area contributed by atoms with E-state index in [1.807, 2.05) is 170 Å². The third-order valence-electron chi connectivity index (χ3n) is 10.7. The Morgan fingerprint density at radius 3 is 1.29 bits per heavy atom. The predicted molar refractivity (Wildman–Crippen MR) is 241 cm³/mol. The van der Waals surface area contributed by atoms with E-state index in [4.69, 9.17) is 37.9 Å². The lowest BCUT2D eigenvalue weighted by molar-refractivity contribution is -0.339. The molecule has 9 nitrogen and oxygen atoms in total. The summed E-state index contributed by atoms with van der Waals surface area (Å²) in [7, 11) is 0. The molecular formula is C54H58O9. The molecule has 6 aromatic carbocycles. The minimum absolute atomic E-state index is 0.0836. The molecule has 9 heteroatoms. The van der Waals surface area contributed by atoms with Crippen molar-refractivity contribution in [2.75, 3.05) is 19.8 Å². The van der Waals surface area contributed by atoms with Gasteiger partial charge in [0.25, 0.3) is 0 Å². The largest absolute Gasteiger partial charge is 0.463 e. The Morgan fingerprint density at radius 2 is 0.841 bits per heavy atom. The smallest absolute Gasteiger partial charge is 0.305 e. The zero-order valence-corrected chi connectivity index (χ0v) is 35.7. The molecule has 0 unspecified atom stereocenters. The van der Waals surface area contributed by atoms with Crippen molar-refractivity contribution in [3.05, 3.63) is 215 Å². The van der Waals surface area contributed by atoms with E-state index in [0.717, 1.165) is 34.2 Å². The lowest BCUT2D eigenvalue weighted by Crippen LogP contribution is -2.62. The Kier molecular flexibility index (Phi) is 18.5. The van der Waals surface area contributed by atoms with E-state index in [1.54, 1.807) is 0 Å². The van der Waals surface area contributed by atoms with Crippen molar-refractivity contribution in [2.45, 2.75) is 89.1 Å². The van der Waals surface area contributed by atoms with E-state index in [0.29, 0.717) is 19.6 Å². The van der Waals surface area contributed by atoms with Crippen LogP contribution in [0.1, 0.15) is 46.2 Å². The summed E-state index contributed by atoms with van der Waals surface area (Å²) in [5.41, 5.74) is 6.18. The number of hydrogen-bond donors (Lipinski definition) is 0. The molecule has 1 fully saturated rings. The fourth-order valence-electron chi connectivity index (χ4n) is 7.40. The highest BCUT2D eigenvalue weighted by Crippen LogP contribution is 2.32. The molecule has 0 aliphatic carbocycles. The number of carbonyl (C=O) groups is 1. The van der Waals surface area contributed by atoms with Gasteiger partial charge in [0.2, 0.25) is 0 Å². The summed E-state index contributed by atoms with van der Waals surface area (Å²) in [4.78, 5) is 13.4. The van der Waals surface area contributed by atoms with Crippen LogP contribution in [-0.4, -0.2) is 62.6 Å². The Labute approximate surface area is 371 Å². The first-order chi connectivity index (χ1) is 31.2. The molecule has 0 spiro atoms. The lowest BCUT2D eigenvalue weighted by atomic mass is 9.97. The van der Waals surface area contributed by atoms with Gasteiger partial charge in [-0.3, -0.25) is 4.79 Å². The van der Waals surface area contributed by atoms with Gasteiger partial charge < -0.3 is 37.9 Å².